The fourth-order valence-corrected chi connectivity index (χ4v) is 2.89. The molecule has 0 unspecified atom stereocenters. The Labute approximate surface area is 149 Å². The van der Waals surface area contributed by atoms with Gasteiger partial charge in [-0.3, -0.25) is 4.57 Å². The fourth-order valence-electron chi connectivity index (χ4n) is 2.89. The Balaban J connectivity index is 1.96. The van der Waals surface area contributed by atoms with Crippen LogP contribution in [0.5, 0.6) is 0 Å². The molecule has 0 bridgehead atoms. The average Bonchev–Trinajstić information content (AvgIpc) is 3.23. The van der Waals surface area contributed by atoms with E-state index in [2.05, 4.69) is 20.4 Å². The van der Waals surface area contributed by atoms with E-state index in [1.165, 1.54) is 0 Å². The van der Waals surface area contributed by atoms with Gasteiger partial charge in [-0.05, 0) is 26.0 Å². The number of imidazole rings is 1. The van der Waals surface area contributed by atoms with Gasteiger partial charge < -0.3 is 14.9 Å². The molecule has 26 heavy (non-hydrogen) atoms. The van der Waals surface area contributed by atoms with E-state index in [9.17, 15) is 0 Å². The van der Waals surface area contributed by atoms with E-state index >= 15 is 0 Å². The lowest BCUT2D eigenvalue weighted by Crippen LogP contribution is -2.09. The summed E-state index contributed by atoms with van der Waals surface area (Å²) in [6.07, 6.45) is 1.72. The van der Waals surface area contributed by atoms with Gasteiger partial charge in [0.2, 0.25) is 0 Å². The molecule has 4 rings (SSSR count). The predicted molar refractivity (Wildman–Crippen MR) is 97.2 cm³/mol. The van der Waals surface area contributed by atoms with Gasteiger partial charge in [0.05, 0.1) is 17.9 Å². The highest BCUT2D eigenvalue weighted by Crippen LogP contribution is 2.29. The quantitative estimate of drug-likeness (QED) is 0.570. The fraction of sp³-hybridized carbons (Fsp3) is 0.222. The van der Waals surface area contributed by atoms with E-state index in [1.807, 2.05) is 48.7 Å². The minimum absolute atomic E-state index is 0.00839. The molecular weight excluding hydrogens is 332 g/mol. The number of nitrogens with zero attached hydrogens (tertiary/aromatic N) is 5. The predicted octanol–water partition coefficient (Wildman–Crippen LogP) is 2.49. The summed E-state index contributed by atoms with van der Waals surface area (Å²) in [5, 5.41) is 16.3. The summed E-state index contributed by atoms with van der Waals surface area (Å²) in [5.41, 5.74) is 3.74. The van der Waals surface area contributed by atoms with Gasteiger partial charge in [-0.15, -0.1) is 0 Å². The Morgan fingerprint density at radius 2 is 1.96 bits per heavy atom. The van der Waals surface area contributed by atoms with Gasteiger partial charge in [0.1, 0.15) is 12.1 Å². The number of nitrogens with one attached hydrogen (secondary N) is 1. The minimum Gasteiger partial charge on any atom is -0.395 e. The first-order valence-corrected chi connectivity index (χ1v) is 8.27. The highest BCUT2D eigenvalue weighted by Gasteiger charge is 2.19. The molecule has 4 aromatic rings. The Morgan fingerprint density at radius 3 is 2.65 bits per heavy atom. The van der Waals surface area contributed by atoms with Crippen LogP contribution in [0.3, 0.4) is 0 Å². The molecule has 0 atom stereocenters. The number of aryl methyl sites for hydroxylation is 2. The van der Waals surface area contributed by atoms with Crippen molar-refractivity contribution >= 4 is 17.0 Å². The van der Waals surface area contributed by atoms with E-state index in [0.717, 1.165) is 16.9 Å². The normalized spacial score (nSPS) is 11.2. The number of fused-ring (bicyclic) bond motifs is 1. The summed E-state index contributed by atoms with van der Waals surface area (Å²) >= 11 is 0. The van der Waals surface area contributed by atoms with Crippen molar-refractivity contribution in [2.24, 2.45) is 0 Å². The first-order chi connectivity index (χ1) is 12.7. The van der Waals surface area contributed by atoms with Crippen molar-refractivity contribution in [1.82, 2.24) is 24.7 Å². The number of para-hydroxylation sites is 1. The van der Waals surface area contributed by atoms with Crippen molar-refractivity contribution in [1.29, 1.82) is 0 Å². The van der Waals surface area contributed by atoms with E-state index in [1.54, 1.807) is 6.33 Å². The SMILES string of the molecule is Cc1noc(C)c1-c1nc(NCCO)c2ncn(-c3ccccc3)c2n1. The Kier molecular flexibility index (Phi) is 4.10. The summed E-state index contributed by atoms with van der Waals surface area (Å²) < 4.78 is 7.17. The molecule has 8 nitrogen and oxygen atoms in total. The van der Waals surface area contributed by atoms with Crippen LogP contribution < -0.4 is 5.32 Å². The second-order valence-electron chi connectivity index (χ2n) is 5.87. The van der Waals surface area contributed by atoms with E-state index in [0.29, 0.717) is 35.1 Å². The zero-order valence-corrected chi connectivity index (χ0v) is 14.5. The zero-order chi connectivity index (χ0) is 18.1. The standard InChI is InChI=1S/C18H18N6O2/c1-11-14(12(2)26-23-11)16-21-17(19-8-9-25)15-18(22-16)24(10-20-15)13-6-4-3-5-7-13/h3-7,10,25H,8-9H2,1-2H3,(H,19,21,22). The average molecular weight is 350 g/mol. The van der Waals surface area contributed by atoms with Crippen molar-refractivity contribution in [3.8, 4) is 17.1 Å². The summed E-state index contributed by atoms with van der Waals surface area (Å²) in [7, 11) is 0. The molecule has 0 saturated carbocycles. The summed E-state index contributed by atoms with van der Waals surface area (Å²) in [6, 6.07) is 9.85. The van der Waals surface area contributed by atoms with Gasteiger partial charge in [-0.1, -0.05) is 23.4 Å². The third-order valence-electron chi connectivity index (χ3n) is 4.09. The molecule has 0 aliphatic carbocycles. The smallest absolute Gasteiger partial charge is 0.170 e. The van der Waals surface area contributed by atoms with Crippen molar-refractivity contribution in [3.63, 3.8) is 0 Å². The third-order valence-corrected chi connectivity index (χ3v) is 4.09. The van der Waals surface area contributed by atoms with Crippen LogP contribution in [-0.4, -0.2) is 42.9 Å². The number of aromatic nitrogens is 5. The van der Waals surface area contributed by atoms with Crippen molar-refractivity contribution in [2.45, 2.75) is 13.8 Å². The molecule has 0 amide bonds. The van der Waals surface area contributed by atoms with Crippen molar-refractivity contribution in [2.75, 3.05) is 18.5 Å². The van der Waals surface area contributed by atoms with Gasteiger partial charge in [0, 0.05) is 12.2 Å². The molecule has 2 N–H and O–H groups in total. The van der Waals surface area contributed by atoms with Crippen molar-refractivity contribution < 1.29 is 9.63 Å². The number of rotatable bonds is 5. The number of hydrogen-bond acceptors (Lipinski definition) is 7. The maximum Gasteiger partial charge on any atom is 0.170 e. The molecule has 0 radical (unpaired) electrons. The molecule has 0 fully saturated rings. The first-order valence-electron chi connectivity index (χ1n) is 8.27. The number of aliphatic hydroxyl groups excluding tert-OH is 1. The van der Waals surface area contributed by atoms with Gasteiger partial charge in [0.25, 0.3) is 0 Å². The molecule has 1 aromatic carbocycles. The van der Waals surface area contributed by atoms with E-state index in [4.69, 9.17) is 14.6 Å². The molecule has 132 valence electrons. The highest BCUT2D eigenvalue weighted by molar-refractivity contribution is 5.86. The number of anilines is 1. The van der Waals surface area contributed by atoms with Crippen LogP contribution in [0.15, 0.2) is 41.2 Å². The molecule has 0 spiro atoms. The number of aliphatic hydroxyl groups is 1. The molecule has 0 aliphatic heterocycles. The van der Waals surface area contributed by atoms with Crippen LogP contribution in [0.2, 0.25) is 0 Å². The van der Waals surface area contributed by atoms with Crippen LogP contribution in [0.25, 0.3) is 28.2 Å². The lowest BCUT2D eigenvalue weighted by atomic mass is 10.2. The maximum absolute atomic E-state index is 9.17. The molecule has 0 aliphatic rings. The van der Waals surface area contributed by atoms with Crippen LogP contribution in [0, 0.1) is 13.8 Å². The monoisotopic (exact) mass is 350 g/mol. The molecular formula is C18H18N6O2. The second-order valence-corrected chi connectivity index (χ2v) is 5.87. The van der Waals surface area contributed by atoms with Gasteiger partial charge >= 0.3 is 0 Å². The Hall–Kier alpha value is -3.26. The maximum atomic E-state index is 9.17. The second kappa shape index (κ2) is 6.57. The van der Waals surface area contributed by atoms with Gasteiger partial charge in [0.15, 0.2) is 22.8 Å². The Bertz CT molecular complexity index is 1030. The topological polar surface area (TPSA) is 102 Å². The molecule has 0 saturated heterocycles. The zero-order valence-electron chi connectivity index (χ0n) is 14.5. The van der Waals surface area contributed by atoms with Gasteiger partial charge in [-0.25, -0.2) is 15.0 Å². The number of benzene rings is 1. The molecule has 3 heterocycles. The molecule has 8 heteroatoms. The minimum atomic E-state index is -0.00839. The molecule has 3 aromatic heterocycles. The highest BCUT2D eigenvalue weighted by atomic mass is 16.5. The van der Waals surface area contributed by atoms with Crippen LogP contribution in [-0.2, 0) is 0 Å². The van der Waals surface area contributed by atoms with E-state index < -0.39 is 0 Å². The largest absolute Gasteiger partial charge is 0.395 e. The Morgan fingerprint density at radius 1 is 1.15 bits per heavy atom. The van der Waals surface area contributed by atoms with Crippen LogP contribution in [0.1, 0.15) is 11.5 Å². The first kappa shape index (κ1) is 16.2. The van der Waals surface area contributed by atoms with Crippen LogP contribution >= 0.6 is 0 Å². The summed E-state index contributed by atoms with van der Waals surface area (Å²) in [4.78, 5) is 13.8. The van der Waals surface area contributed by atoms with Crippen molar-refractivity contribution in [3.05, 3.63) is 48.1 Å². The number of hydrogen-bond donors (Lipinski definition) is 2. The third kappa shape index (κ3) is 2.70. The van der Waals surface area contributed by atoms with Gasteiger partial charge in [-0.2, -0.15) is 0 Å². The van der Waals surface area contributed by atoms with Crippen LogP contribution in [0.4, 0.5) is 5.82 Å². The van der Waals surface area contributed by atoms with E-state index in [-0.39, 0.29) is 6.61 Å². The summed E-state index contributed by atoms with van der Waals surface area (Å²) in [6.45, 7) is 4.05. The summed E-state index contributed by atoms with van der Waals surface area (Å²) in [5.74, 6) is 1.72. The lowest BCUT2D eigenvalue weighted by Gasteiger charge is -2.09. The lowest BCUT2D eigenvalue weighted by molar-refractivity contribution is 0.311.